The molecule has 0 fully saturated rings. The van der Waals surface area contributed by atoms with Gasteiger partial charge in [-0.1, -0.05) is 41.9 Å². The van der Waals surface area contributed by atoms with Crippen LogP contribution >= 0.6 is 11.6 Å². The van der Waals surface area contributed by atoms with Gasteiger partial charge >= 0.3 is 12.0 Å². The zero-order chi connectivity index (χ0) is 21.8. The summed E-state index contributed by atoms with van der Waals surface area (Å²) < 4.78 is 5.04. The second-order valence-electron chi connectivity index (χ2n) is 6.89. The summed E-state index contributed by atoms with van der Waals surface area (Å²) in [5, 5.41) is 3.28. The number of hydrogen-bond acceptors (Lipinski definition) is 3. The molecule has 0 saturated carbocycles. The molecule has 1 heterocycles. The van der Waals surface area contributed by atoms with Gasteiger partial charge in [0.25, 0.3) is 0 Å². The van der Waals surface area contributed by atoms with Gasteiger partial charge in [0.2, 0.25) is 0 Å². The first kappa shape index (κ1) is 20.6. The standard InChI is InChI=1S/C24H20ClN3O3/c1-2-31-23(29)16-10-12-20(13-11-16)28-15-17-6-3-4-9-21(17)22(28)27-24(30)26-19-8-5-7-18(25)14-19/h3-14H,2,15H2,1H3,(H,26,30). The van der Waals surface area contributed by atoms with Gasteiger partial charge in [-0.25, -0.2) is 9.59 Å². The van der Waals surface area contributed by atoms with Crippen molar-refractivity contribution >= 4 is 40.8 Å². The van der Waals surface area contributed by atoms with Crippen LogP contribution in [0.25, 0.3) is 0 Å². The van der Waals surface area contributed by atoms with Crippen molar-refractivity contribution in [1.29, 1.82) is 0 Å². The van der Waals surface area contributed by atoms with Gasteiger partial charge in [0.05, 0.1) is 18.7 Å². The molecule has 2 amide bonds. The summed E-state index contributed by atoms with van der Waals surface area (Å²) in [5.74, 6) is 0.174. The Hall–Kier alpha value is -3.64. The van der Waals surface area contributed by atoms with E-state index in [0.29, 0.717) is 35.3 Å². The zero-order valence-electron chi connectivity index (χ0n) is 16.8. The summed E-state index contributed by atoms with van der Waals surface area (Å²) in [6.07, 6.45) is 0. The number of halogens is 1. The molecule has 1 aliphatic rings. The second-order valence-corrected chi connectivity index (χ2v) is 7.32. The number of anilines is 2. The summed E-state index contributed by atoms with van der Waals surface area (Å²) in [7, 11) is 0. The smallest absolute Gasteiger partial charge is 0.347 e. The molecule has 4 rings (SSSR count). The highest BCUT2D eigenvalue weighted by molar-refractivity contribution is 6.31. The zero-order valence-corrected chi connectivity index (χ0v) is 17.6. The van der Waals surface area contributed by atoms with E-state index in [-0.39, 0.29) is 5.97 Å². The molecule has 0 unspecified atom stereocenters. The molecule has 0 aromatic heterocycles. The molecule has 3 aromatic rings. The first-order chi connectivity index (χ1) is 15.0. The lowest BCUT2D eigenvalue weighted by molar-refractivity contribution is 0.0526. The number of nitrogens with zero attached hydrogens (tertiary/aromatic N) is 2. The number of nitrogens with one attached hydrogen (secondary N) is 1. The van der Waals surface area contributed by atoms with Crippen molar-refractivity contribution in [1.82, 2.24) is 0 Å². The van der Waals surface area contributed by atoms with Gasteiger partial charge in [-0.3, -0.25) is 0 Å². The number of ether oxygens (including phenoxy) is 1. The van der Waals surface area contributed by atoms with E-state index in [1.807, 2.05) is 41.3 Å². The lowest BCUT2D eigenvalue weighted by atomic mass is 10.1. The largest absolute Gasteiger partial charge is 0.462 e. The van der Waals surface area contributed by atoms with Crippen LogP contribution in [-0.4, -0.2) is 24.4 Å². The molecular formula is C24H20ClN3O3. The normalized spacial score (nSPS) is 13.7. The Morgan fingerprint density at radius 1 is 1.06 bits per heavy atom. The number of aliphatic imine (C=N–C) groups is 1. The molecule has 1 aliphatic heterocycles. The summed E-state index contributed by atoms with van der Waals surface area (Å²) in [6.45, 7) is 2.66. The van der Waals surface area contributed by atoms with Gasteiger partial charge in [0, 0.05) is 22.0 Å². The van der Waals surface area contributed by atoms with E-state index in [2.05, 4.69) is 10.3 Å². The number of fused-ring (bicyclic) bond motifs is 1. The number of benzene rings is 3. The van der Waals surface area contributed by atoms with Crippen LogP contribution in [0.1, 0.15) is 28.4 Å². The van der Waals surface area contributed by atoms with Gasteiger partial charge in [-0.2, -0.15) is 4.99 Å². The number of rotatable bonds is 4. The number of amidine groups is 1. The summed E-state index contributed by atoms with van der Waals surface area (Å²) in [5.41, 5.74) is 3.81. The highest BCUT2D eigenvalue weighted by Gasteiger charge is 2.27. The minimum atomic E-state index is -0.498. The Morgan fingerprint density at radius 3 is 2.58 bits per heavy atom. The van der Waals surface area contributed by atoms with E-state index in [1.54, 1.807) is 43.3 Å². The fourth-order valence-corrected chi connectivity index (χ4v) is 3.60. The third-order valence-corrected chi connectivity index (χ3v) is 5.05. The van der Waals surface area contributed by atoms with Crippen molar-refractivity contribution < 1.29 is 14.3 Å². The van der Waals surface area contributed by atoms with Crippen molar-refractivity contribution in [3.8, 4) is 0 Å². The Morgan fingerprint density at radius 2 is 1.84 bits per heavy atom. The maximum absolute atomic E-state index is 12.7. The van der Waals surface area contributed by atoms with Gasteiger partial charge in [-0.15, -0.1) is 0 Å². The predicted octanol–water partition coefficient (Wildman–Crippen LogP) is 5.52. The maximum Gasteiger partial charge on any atom is 0.347 e. The third-order valence-electron chi connectivity index (χ3n) is 4.82. The van der Waals surface area contributed by atoms with Crippen LogP contribution in [0.15, 0.2) is 77.8 Å². The Labute approximate surface area is 185 Å². The molecule has 0 spiro atoms. The van der Waals surface area contributed by atoms with Crippen LogP contribution in [0.3, 0.4) is 0 Å². The minimum absolute atomic E-state index is 0.320. The molecule has 0 bridgehead atoms. The predicted molar refractivity (Wildman–Crippen MR) is 122 cm³/mol. The second kappa shape index (κ2) is 9.02. The van der Waals surface area contributed by atoms with Crippen LogP contribution in [0.2, 0.25) is 5.02 Å². The molecular weight excluding hydrogens is 414 g/mol. The Balaban J connectivity index is 1.63. The number of carbonyl (C=O) groups excluding carboxylic acids is 2. The third kappa shape index (κ3) is 4.59. The highest BCUT2D eigenvalue weighted by Crippen LogP contribution is 2.29. The average molecular weight is 434 g/mol. The van der Waals surface area contributed by atoms with Crippen molar-refractivity contribution in [3.05, 3.63) is 94.5 Å². The van der Waals surface area contributed by atoms with E-state index >= 15 is 0 Å². The number of esters is 1. The van der Waals surface area contributed by atoms with Crippen LogP contribution in [0.5, 0.6) is 0 Å². The van der Waals surface area contributed by atoms with E-state index in [0.717, 1.165) is 16.8 Å². The summed E-state index contributed by atoms with van der Waals surface area (Å²) in [4.78, 5) is 30.9. The SMILES string of the molecule is CCOC(=O)c1ccc(N2Cc3ccccc3C2=NC(=O)Nc2cccc(Cl)c2)cc1. The van der Waals surface area contributed by atoms with Gasteiger partial charge < -0.3 is 15.0 Å². The van der Waals surface area contributed by atoms with Crippen molar-refractivity contribution in [2.24, 2.45) is 4.99 Å². The molecule has 0 aliphatic carbocycles. The van der Waals surface area contributed by atoms with E-state index in [1.165, 1.54) is 0 Å². The van der Waals surface area contributed by atoms with Crippen molar-refractivity contribution in [2.75, 3.05) is 16.8 Å². The molecule has 31 heavy (non-hydrogen) atoms. The molecule has 0 saturated heterocycles. The van der Waals surface area contributed by atoms with Crippen molar-refractivity contribution in [3.63, 3.8) is 0 Å². The summed E-state index contributed by atoms with van der Waals surface area (Å²) >= 11 is 6.00. The molecule has 0 atom stereocenters. The lowest BCUT2D eigenvalue weighted by Crippen LogP contribution is -2.26. The number of urea groups is 1. The Kier molecular flexibility index (Phi) is 6.00. The first-order valence-electron chi connectivity index (χ1n) is 9.83. The molecule has 3 aromatic carbocycles. The minimum Gasteiger partial charge on any atom is -0.462 e. The number of carbonyl (C=O) groups is 2. The number of hydrogen-bond donors (Lipinski definition) is 1. The van der Waals surface area contributed by atoms with Crippen LogP contribution < -0.4 is 10.2 Å². The van der Waals surface area contributed by atoms with Gasteiger partial charge in [0.1, 0.15) is 5.84 Å². The van der Waals surface area contributed by atoms with E-state index in [9.17, 15) is 9.59 Å². The fourth-order valence-electron chi connectivity index (χ4n) is 3.41. The van der Waals surface area contributed by atoms with Crippen LogP contribution in [0, 0.1) is 0 Å². The first-order valence-corrected chi connectivity index (χ1v) is 10.2. The van der Waals surface area contributed by atoms with E-state index < -0.39 is 6.03 Å². The van der Waals surface area contributed by atoms with Gasteiger partial charge in [-0.05, 0) is 55.0 Å². The fraction of sp³-hybridized carbons (Fsp3) is 0.125. The Bertz CT molecular complexity index is 1160. The summed E-state index contributed by atoms with van der Waals surface area (Å²) in [6, 6.07) is 21.3. The quantitative estimate of drug-likeness (QED) is 0.550. The molecule has 156 valence electrons. The average Bonchev–Trinajstić information content (AvgIpc) is 3.12. The molecule has 6 nitrogen and oxygen atoms in total. The molecule has 1 N–H and O–H groups in total. The topological polar surface area (TPSA) is 71.0 Å². The maximum atomic E-state index is 12.7. The monoisotopic (exact) mass is 433 g/mol. The van der Waals surface area contributed by atoms with Gasteiger partial charge in [0.15, 0.2) is 0 Å². The lowest BCUT2D eigenvalue weighted by Gasteiger charge is -2.19. The highest BCUT2D eigenvalue weighted by atomic mass is 35.5. The van der Waals surface area contributed by atoms with Crippen LogP contribution in [0.4, 0.5) is 16.2 Å². The van der Waals surface area contributed by atoms with E-state index in [4.69, 9.17) is 16.3 Å². The molecule has 7 heteroatoms. The van der Waals surface area contributed by atoms with Crippen LogP contribution in [-0.2, 0) is 11.3 Å². The number of amides is 2. The molecule has 0 radical (unpaired) electrons. The van der Waals surface area contributed by atoms with Crippen molar-refractivity contribution in [2.45, 2.75) is 13.5 Å².